The summed E-state index contributed by atoms with van der Waals surface area (Å²) in [6, 6.07) is 4.61. The van der Waals surface area contributed by atoms with Gasteiger partial charge in [-0.1, -0.05) is 0 Å². The summed E-state index contributed by atoms with van der Waals surface area (Å²) in [5, 5.41) is 14.6. The number of nitrogens with zero attached hydrogens (tertiary/aromatic N) is 1. The highest BCUT2D eigenvalue weighted by Gasteiger charge is 2.08. The van der Waals surface area contributed by atoms with Crippen molar-refractivity contribution in [3.8, 4) is 5.75 Å². The van der Waals surface area contributed by atoms with Crippen molar-refractivity contribution in [2.75, 3.05) is 13.7 Å². The van der Waals surface area contributed by atoms with E-state index in [0.29, 0.717) is 5.75 Å². The monoisotopic (exact) mass is 253 g/mol. The fourth-order valence-corrected chi connectivity index (χ4v) is 1.04. The van der Waals surface area contributed by atoms with Crippen LogP contribution in [0.4, 0.5) is 10.5 Å². The molecule has 1 aromatic carbocycles. The third-order valence-electron chi connectivity index (χ3n) is 1.90. The molecule has 8 heteroatoms. The summed E-state index contributed by atoms with van der Waals surface area (Å²) in [6.45, 7) is -0.356. The van der Waals surface area contributed by atoms with Gasteiger partial charge in [0.25, 0.3) is 11.6 Å². The second-order valence-corrected chi connectivity index (χ2v) is 3.17. The Morgan fingerprint density at radius 1 is 1.33 bits per heavy atom. The van der Waals surface area contributed by atoms with Crippen molar-refractivity contribution in [2.24, 2.45) is 0 Å². The molecule has 8 nitrogen and oxygen atoms in total. The summed E-state index contributed by atoms with van der Waals surface area (Å²) >= 11 is 0. The molecule has 0 atom stereocenters. The van der Waals surface area contributed by atoms with Crippen LogP contribution in [0, 0.1) is 10.1 Å². The zero-order valence-electron chi connectivity index (χ0n) is 9.50. The molecule has 0 aliphatic carbocycles. The maximum atomic E-state index is 11.2. The van der Waals surface area contributed by atoms with Gasteiger partial charge in [0.05, 0.1) is 4.92 Å². The fraction of sp³-hybridized carbons (Fsp3) is 0.200. The first kappa shape index (κ1) is 13.4. The molecule has 0 bridgehead atoms. The number of imide groups is 1. The molecular weight excluding hydrogens is 242 g/mol. The summed E-state index contributed by atoms with van der Waals surface area (Å²) < 4.78 is 5.03. The number of hydrogen-bond acceptors (Lipinski definition) is 5. The molecule has 0 spiro atoms. The van der Waals surface area contributed by atoms with E-state index in [1.54, 1.807) is 0 Å². The van der Waals surface area contributed by atoms with E-state index in [4.69, 9.17) is 4.74 Å². The minimum atomic E-state index is -0.632. The van der Waals surface area contributed by atoms with Gasteiger partial charge in [-0.15, -0.1) is 0 Å². The van der Waals surface area contributed by atoms with Gasteiger partial charge < -0.3 is 10.1 Å². The van der Waals surface area contributed by atoms with E-state index < -0.39 is 16.9 Å². The molecule has 0 unspecified atom stereocenters. The number of nitrogens with one attached hydrogen (secondary N) is 2. The Hall–Kier alpha value is -2.64. The van der Waals surface area contributed by atoms with Crippen LogP contribution in [-0.2, 0) is 4.79 Å². The van der Waals surface area contributed by atoms with E-state index in [-0.39, 0.29) is 12.3 Å². The Morgan fingerprint density at radius 3 is 2.44 bits per heavy atom. The van der Waals surface area contributed by atoms with Gasteiger partial charge >= 0.3 is 6.03 Å². The first-order chi connectivity index (χ1) is 8.52. The first-order valence-electron chi connectivity index (χ1n) is 4.91. The molecule has 0 saturated heterocycles. The number of nitro benzene ring substituents is 1. The molecule has 0 saturated carbocycles. The van der Waals surface area contributed by atoms with Crippen LogP contribution in [0.25, 0.3) is 0 Å². The number of ether oxygens (including phenoxy) is 1. The van der Waals surface area contributed by atoms with E-state index in [1.807, 2.05) is 5.32 Å². The number of carbonyl (C=O) groups is 2. The molecule has 0 aliphatic rings. The van der Waals surface area contributed by atoms with Crippen LogP contribution in [0.5, 0.6) is 5.75 Å². The molecule has 3 amide bonds. The van der Waals surface area contributed by atoms with E-state index in [1.165, 1.54) is 31.3 Å². The second-order valence-electron chi connectivity index (χ2n) is 3.17. The highest BCUT2D eigenvalue weighted by Crippen LogP contribution is 2.16. The molecule has 96 valence electrons. The van der Waals surface area contributed by atoms with Gasteiger partial charge in [-0.25, -0.2) is 4.79 Å². The van der Waals surface area contributed by atoms with Gasteiger partial charge in [0.2, 0.25) is 0 Å². The molecule has 0 heterocycles. The SMILES string of the molecule is CNC(=O)NC(=O)COc1ccc([N+](=O)[O-])cc1. The third kappa shape index (κ3) is 4.08. The van der Waals surface area contributed by atoms with Crippen molar-refractivity contribution in [3.63, 3.8) is 0 Å². The average Bonchev–Trinajstić information content (AvgIpc) is 2.36. The Kier molecular flexibility index (Phi) is 4.61. The van der Waals surface area contributed by atoms with Crippen LogP contribution in [0.1, 0.15) is 0 Å². The number of amides is 3. The van der Waals surface area contributed by atoms with Crippen LogP contribution in [0.15, 0.2) is 24.3 Å². The van der Waals surface area contributed by atoms with Crippen LogP contribution >= 0.6 is 0 Å². The van der Waals surface area contributed by atoms with Crippen molar-refractivity contribution < 1.29 is 19.2 Å². The summed E-state index contributed by atoms with van der Waals surface area (Å²) in [5.74, 6) is -0.319. The zero-order valence-corrected chi connectivity index (χ0v) is 9.50. The normalized spacial score (nSPS) is 9.39. The Bertz CT molecular complexity index is 457. The van der Waals surface area contributed by atoms with Crippen molar-refractivity contribution in [2.45, 2.75) is 0 Å². The number of non-ortho nitro benzene ring substituents is 1. The smallest absolute Gasteiger partial charge is 0.321 e. The summed E-state index contributed by atoms with van der Waals surface area (Å²) in [5.41, 5.74) is -0.0721. The molecule has 2 N–H and O–H groups in total. The standard InChI is InChI=1S/C10H11N3O5/c1-11-10(15)12-9(14)6-18-8-4-2-7(3-5-8)13(16)17/h2-5H,6H2,1H3,(H2,11,12,14,15). The predicted octanol–water partition coefficient (Wildman–Crippen LogP) is 0.429. The maximum absolute atomic E-state index is 11.2. The first-order valence-corrected chi connectivity index (χ1v) is 4.91. The van der Waals surface area contributed by atoms with Crippen LogP contribution in [-0.4, -0.2) is 30.5 Å². The van der Waals surface area contributed by atoms with Crippen molar-refractivity contribution in [1.82, 2.24) is 10.6 Å². The van der Waals surface area contributed by atoms with Gasteiger partial charge in [0.15, 0.2) is 6.61 Å². The molecule has 1 rings (SSSR count). The van der Waals surface area contributed by atoms with Crippen LogP contribution in [0.2, 0.25) is 0 Å². The Labute approximate surface area is 102 Å². The molecule has 0 fully saturated rings. The highest BCUT2D eigenvalue weighted by atomic mass is 16.6. The lowest BCUT2D eigenvalue weighted by Crippen LogP contribution is -2.39. The third-order valence-corrected chi connectivity index (χ3v) is 1.90. The molecule has 0 radical (unpaired) electrons. The van der Waals surface area contributed by atoms with E-state index in [9.17, 15) is 19.7 Å². The molecule has 0 aliphatic heterocycles. The average molecular weight is 253 g/mol. The van der Waals surface area contributed by atoms with Gasteiger partial charge in [0, 0.05) is 19.2 Å². The highest BCUT2D eigenvalue weighted by molar-refractivity contribution is 5.94. The Balaban J connectivity index is 2.46. The summed E-state index contributed by atoms with van der Waals surface area (Å²) in [7, 11) is 1.37. The number of hydrogen-bond donors (Lipinski definition) is 2. The maximum Gasteiger partial charge on any atom is 0.321 e. The van der Waals surface area contributed by atoms with E-state index in [0.717, 1.165) is 0 Å². The predicted molar refractivity (Wildman–Crippen MR) is 61.2 cm³/mol. The number of rotatable bonds is 4. The van der Waals surface area contributed by atoms with Gasteiger partial charge in [-0.3, -0.25) is 20.2 Å². The lowest BCUT2D eigenvalue weighted by molar-refractivity contribution is -0.384. The summed E-state index contributed by atoms with van der Waals surface area (Å²) in [6.07, 6.45) is 0. The van der Waals surface area contributed by atoms with Gasteiger partial charge in [-0.2, -0.15) is 0 Å². The van der Waals surface area contributed by atoms with Crippen LogP contribution < -0.4 is 15.4 Å². The fourth-order valence-electron chi connectivity index (χ4n) is 1.04. The number of urea groups is 1. The number of nitro groups is 1. The van der Waals surface area contributed by atoms with Crippen molar-refractivity contribution in [1.29, 1.82) is 0 Å². The summed E-state index contributed by atoms with van der Waals surface area (Å²) in [4.78, 5) is 31.8. The number of benzene rings is 1. The molecule has 1 aromatic rings. The van der Waals surface area contributed by atoms with E-state index in [2.05, 4.69) is 5.32 Å². The van der Waals surface area contributed by atoms with Crippen molar-refractivity contribution in [3.05, 3.63) is 34.4 Å². The minimum Gasteiger partial charge on any atom is -0.484 e. The van der Waals surface area contributed by atoms with Crippen molar-refractivity contribution >= 4 is 17.6 Å². The second kappa shape index (κ2) is 6.18. The Morgan fingerprint density at radius 2 is 1.94 bits per heavy atom. The topological polar surface area (TPSA) is 111 Å². The van der Waals surface area contributed by atoms with Gasteiger partial charge in [-0.05, 0) is 12.1 Å². The molecule has 0 aromatic heterocycles. The van der Waals surface area contributed by atoms with E-state index >= 15 is 0 Å². The lowest BCUT2D eigenvalue weighted by atomic mass is 10.3. The zero-order chi connectivity index (χ0) is 13.5. The van der Waals surface area contributed by atoms with Crippen LogP contribution in [0.3, 0.4) is 0 Å². The van der Waals surface area contributed by atoms with Gasteiger partial charge in [0.1, 0.15) is 5.75 Å². The minimum absolute atomic E-state index is 0.0721. The number of carbonyl (C=O) groups excluding carboxylic acids is 2. The molecular formula is C10H11N3O5. The lowest BCUT2D eigenvalue weighted by Gasteiger charge is -2.05. The molecule has 18 heavy (non-hydrogen) atoms. The quantitative estimate of drug-likeness (QED) is 0.597. The largest absolute Gasteiger partial charge is 0.484 e.